The molecular weight excluding hydrogens is 476 g/mol. The molecule has 3 aromatic rings. The van der Waals surface area contributed by atoms with Gasteiger partial charge in [-0.05, 0) is 67.0 Å². The molecule has 1 N–H and O–H groups in total. The molecule has 0 spiro atoms. The van der Waals surface area contributed by atoms with Crippen molar-refractivity contribution in [3.05, 3.63) is 88.5 Å². The number of ether oxygens (including phenoxy) is 4. The van der Waals surface area contributed by atoms with Gasteiger partial charge in [0.1, 0.15) is 30.5 Å². The van der Waals surface area contributed by atoms with Crippen molar-refractivity contribution in [1.82, 2.24) is 0 Å². The Morgan fingerprint density at radius 3 is 1.58 bits per heavy atom. The Kier molecular flexibility index (Phi) is 13.7. The van der Waals surface area contributed by atoms with E-state index in [9.17, 15) is 0 Å². The minimum Gasteiger partial charge on any atom is -0.508 e. The van der Waals surface area contributed by atoms with Crippen molar-refractivity contribution in [3.63, 3.8) is 0 Å². The third-order valence-electron chi connectivity index (χ3n) is 6.72. The van der Waals surface area contributed by atoms with Crippen molar-refractivity contribution in [1.29, 1.82) is 0 Å². The van der Waals surface area contributed by atoms with Crippen LogP contribution in [0.15, 0.2) is 60.7 Å². The van der Waals surface area contributed by atoms with Crippen LogP contribution in [0.1, 0.15) is 80.2 Å². The monoisotopic (exact) mass is 522 g/mol. The van der Waals surface area contributed by atoms with E-state index in [0.29, 0.717) is 44.0 Å². The Labute approximate surface area is 229 Å². The lowest BCUT2D eigenvalue weighted by molar-refractivity contribution is 0.164. The number of phenolic OH excluding ortho intramolecular Hbond substituents is 1. The van der Waals surface area contributed by atoms with Crippen LogP contribution >= 0.6 is 0 Å². The fourth-order valence-corrected chi connectivity index (χ4v) is 4.11. The second kappa shape index (κ2) is 16.7. The topological polar surface area (TPSA) is 57.2 Å². The summed E-state index contributed by atoms with van der Waals surface area (Å²) < 4.78 is 22.5. The van der Waals surface area contributed by atoms with Crippen molar-refractivity contribution in [2.24, 2.45) is 0 Å². The average molecular weight is 523 g/mol. The molecule has 0 bridgehead atoms. The third kappa shape index (κ3) is 10.0. The zero-order chi connectivity index (χ0) is 27.9. The largest absolute Gasteiger partial charge is 0.508 e. The number of phenols is 1. The van der Waals surface area contributed by atoms with Crippen molar-refractivity contribution in [2.75, 3.05) is 27.4 Å². The predicted molar refractivity (Wildman–Crippen MR) is 156 cm³/mol. The summed E-state index contributed by atoms with van der Waals surface area (Å²) >= 11 is 0. The first-order valence-electron chi connectivity index (χ1n) is 13.6. The van der Waals surface area contributed by atoms with Crippen LogP contribution in [0, 0.1) is 6.92 Å². The molecule has 5 nitrogen and oxygen atoms in total. The van der Waals surface area contributed by atoms with E-state index >= 15 is 0 Å². The molecular formula is C33H46O5. The first-order valence-corrected chi connectivity index (χ1v) is 13.6. The number of aromatic hydroxyl groups is 1. The number of rotatable bonds is 13. The second-order valence-corrected chi connectivity index (χ2v) is 9.75. The van der Waals surface area contributed by atoms with Gasteiger partial charge >= 0.3 is 0 Å². The second-order valence-electron chi connectivity index (χ2n) is 9.75. The smallest absolute Gasteiger partial charge is 0.130 e. The Morgan fingerprint density at radius 2 is 1.13 bits per heavy atom. The molecule has 0 amide bonds. The molecule has 0 aliphatic carbocycles. The number of benzene rings is 3. The zero-order valence-electron chi connectivity index (χ0n) is 24.3. The molecule has 0 aromatic heterocycles. The Hall–Kier alpha value is -3.02. The van der Waals surface area contributed by atoms with Crippen LogP contribution in [0.5, 0.6) is 17.2 Å². The van der Waals surface area contributed by atoms with Crippen LogP contribution in [0.2, 0.25) is 0 Å². The fourth-order valence-electron chi connectivity index (χ4n) is 4.11. The highest BCUT2D eigenvalue weighted by Crippen LogP contribution is 2.28. The Balaban J connectivity index is 0.000000384. The average Bonchev–Trinajstić information content (AvgIpc) is 2.92. The summed E-state index contributed by atoms with van der Waals surface area (Å²) in [5, 5.41) is 9.01. The highest BCUT2D eigenvalue weighted by atomic mass is 16.5. The molecule has 0 aliphatic rings. The Morgan fingerprint density at radius 1 is 0.684 bits per heavy atom. The van der Waals surface area contributed by atoms with Crippen LogP contribution in [0.3, 0.4) is 0 Å². The number of methoxy groups -OCH3 is 2. The molecule has 3 aromatic carbocycles. The zero-order valence-corrected chi connectivity index (χ0v) is 24.3. The lowest BCUT2D eigenvalue weighted by atomic mass is 9.99. The fraction of sp³-hybridized carbons (Fsp3) is 0.455. The van der Waals surface area contributed by atoms with Gasteiger partial charge in [-0.25, -0.2) is 0 Å². The van der Waals surface area contributed by atoms with Crippen molar-refractivity contribution < 1.29 is 24.1 Å². The number of hydrogen-bond acceptors (Lipinski definition) is 5. The molecule has 208 valence electrons. The summed E-state index contributed by atoms with van der Waals surface area (Å²) in [6.45, 7) is 12.8. The maximum atomic E-state index is 9.01. The molecule has 2 atom stereocenters. The third-order valence-corrected chi connectivity index (χ3v) is 6.72. The summed E-state index contributed by atoms with van der Waals surface area (Å²) in [4.78, 5) is 0. The highest BCUT2D eigenvalue weighted by molar-refractivity contribution is 5.44. The van der Waals surface area contributed by atoms with Gasteiger partial charge in [0, 0.05) is 25.3 Å². The van der Waals surface area contributed by atoms with E-state index in [-0.39, 0.29) is 0 Å². The summed E-state index contributed by atoms with van der Waals surface area (Å²) in [5.41, 5.74) is 5.86. The van der Waals surface area contributed by atoms with Gasteiger partial charge in [0.05, 0.1) is 13.2 Å². The summed E-state index contributed by atoms with van der Waals surface area (Å²) in [6.07, 6.45) is 2.28. The van der Waals surface area contributed by atoms with E-state index in [1.165, 1.54) is 16.7 Å². The minimum atomic E-state index is 0.344. The predicted octanol–water partition coefficient (Wildman–Crippen LogP) is 8.16. The molecule has 0 saturated heterocycles. The van der Waals surface area contributed by atoms with Gasteiger partial charge in [-0.2, -0.15) is 0 Å². The van der Waals surface area contributed by atoms with Crippen molar-refractivity contribution in [3.8, 4) is 17.2 Å². The lowest BCUT2D eigenvalue weighted by Crippen LogP contribution is -2.12. The van der Waals surface area contributed by atoms with Crippen LogP contribution < -0.4 is 9.47 Å². The summed E-state index contributed by atoms with van der Waals surface area (Å²) in [5.74, 6) is 3.21. The van der Waals surface area contributed by atoms with Gasteiger partial charge in [-0.15, -0.1) is 0 Å². The molecule has 38 heavy (non-hydrogen) atoms. The summed E-state index contributed by atoms with van der Waals surface area (Å²) in [7, 11) is 3.38. The van der Waals surface area contributed by atoms with Crippen LogP contribution in [0.4, 0.5) is 0 Å². The highest BCUT2D eigenvalue weighted by Gasteiger charge is 2.12. The molecule has 0 radical (unpaired) electrons. The van der Waals surface area contributed by atoms with E-state index in [1.54, 1.807) is 26.4 Å². The van der Waals surface area contributed by atoms with E-state index in [2.05, 4.69) is 58.9 Å². The quantitative estimate of drug-likeness (QED) is 0.229. The lowest BCUT2D eigenvalue weighted by Gasteiger charge is -2.17. The molecule has 0 aliphatic heterocycles. The van der Waals surface area contributed by atoms with E-state index in [4.69, 9.17) is 24.1 Å². The van der Waals surface area contributed by atoms with Gasteiger partial charge < -0.3 is 24.1 Å². The van der Waals surface area contributed by atoms with Gasteiger partial charge in [-0.3, -0.25) is 0 Å². The normalized spacial score (nSPS) is 12.3. The molecule has 0 fully saturated rings. The molecule has 0 saturated carbocycles. The standard InChI is InChI=1S/C23H32O4.C10H14O/c1-6-18(3)19-7-9-22(10-8-19)26-11-12-27-23-20(15-24-4)13-17(2)14-21(23)16-25-5;1-3-8(2)9-4-6-10(11)7-5-9/h7-10,13-14,18H,6,11-12,15-16H2,1-5H3;4-8,11H,3H2,1-2H3. The van der Waals surface area contributed by atoms with Crippen molar-refractivity contribution >= 4 is 0 Å². The number of hydrogen-bond donors (Lipinski definition) is 1. The van der Waals surface area contributed by atoms with E-state index < -0.39 is 0 Å². The minimum absolute atomic E-state index is 0.344. The number of aryl methyl sites for hydroxylation is 1. The van der Waals surface area contributed by atoms with Gasteiger partial charge in [-0.1, -0.05) is 69.7 Å². The van der Waals surface area contributed by atoms with Crippen molar-refractivity contribution in [2.45, 2.75) is 72.5 Å². The summed E-state index contributed by atoms with van der Waals surface area (Å²) in [6, 6.07) is 19.9. The van der Waals surface area contributed by atoms with Gasteiger partial charge in [0.25, 0.3) is 0 Å². The molecule has 2 unspecified atom stereocenters. The maximum absolute atomic E-state index is 9.01. The van der Waals surface area contributed by atoms with Crippen LogP contribution in [0.25, 0.3) is 0 Å². The van der Waals surface area contributed by atoms with Gasteiger partial charge in [0.15, 0.2) is 0 Å². The molecule has 0 heterocycles. The Bertz CT molecular complexity index is 1030. The maximum Gasteiger partial charge on any atom is 0.130 e. The first-order chi connectivity index (χ1) is 18.3. The van der Waals surface area contributed by atoms with Gasteiger partial charge in [0.2, 0.25) is 0 Å². The van der Waals surface area contributed by atoms with Crippen LogP contribution in [-0.2, 0) is 22.7 Å². The molecule has 3 rings (SSSR count). The first kappa shape index (κ1) is 31.2. The van der Waals surface area contributed by atoms with E-state index in [1.807, 2.05) is 24.3 Å². The van der Waals surface area contributed by atoms with Crippen LogP contribution in [-0.4, -0.2) is 32.5 Å². The SMILES string of the molecule is CCC(C)c1ccc(O)cc1.CCC(C)c1ccc(OCCOc2c(COC)cc(C)cc2COC)cc1. The molecule has 5 heteroatoms. The van der Waals surface area contributed by atoms with E-state index in [0.717, 1.165) is 35.5 Å².